The van der Waals surface area contributed by atoms with E-state index in [9.17, 15) is 0 Å². The van der Waals surface area contributed by atoms with Gasteiger partial charge in [-0.3, -0.25) is 0 Å². The molecule has 64 valence electrons. The van der Waals surface area contributed by atoms with E-state index in [0.717, 1.165) is 0 Å². The first-order valence-electron chi connectivity index (χ1n) is 3.17. The van der Waals surface area contributed by atoms with Gasteiger partial charge in [0.2, 0.25) is 0 Å². The van der Waals surface area contributed by atoms with Crippen LogP contribution >= 0.6 is 12.6 Å². The molecule has 10 heavy (non-hydrogen) atoms. The molecular weight excluding hydrogens is 148 g/mol. The molecule has 2 N–H and O–H groups in total. The Bertz CT molecular complexity index is 54.6. The highest BCUT2D eigenvalue weighted by Crippen LogP contribution is 2.02. The number of rotatable bonds is 0. The van der Waals surface area contributed by atoms with Gasteiger partial charge in [-0.1, -0.05) is 0 Å². The van der Waals surface area contributed by atoms with Crippen molar-refractivity contribution in [2.45, 2.75) is 45.2 Å². The van der Waals surface area contributed by atoms with E-state index in [4.69, 9.17) is 10.2 Å². The van der Waals surface area contributed by atoms with E-state index in [0.29, 0.717) is 0 Å². The molecule has 0 aliphatic carbocycles. The predicted octanol–water partition coefficient (Wildman–Crippen LogP) is 1.42. The Labute approximate surface area is 68.7 Å². The van der Waals surface area contributed by atoms with E-state index in [1.165, 1.54) is 0 Å². The molecule has 0 aromatic heterocycles. The second-order valence-electron chi connectivity index (χ2n) is 3.67. The third-order valence-corrected chi connectivity index (χ3v) is 0. The van der Waals surface area contributed by atoms with Crippen molar-refractivity contribution in [1.82, 2.24) is 0 Å². The summed E-state index contributed by atoms with van der Waals surface area (Å²) < 4.78 is 0. The first-order chi connectivity index (χ1) is 4.00. The Balaban J connectivity index is 0. The number of hydrogen-bond donors (Lipinski definition) is 3. The molecule has 0 aromatic rings. The second kappa shape index (κ2) is 4.21. The average Bonchev–Trinajstić information content (AvgIpc) is 1.12. The van der Waals surface area contributed by atoms with Gasteiger partial charge in [0.15, 0.2) is 0 Å². The molecule has 0 aromatic carbocycles. The van der Waals surface area contributed by atoms with Crippen LogP contribution < -0.4 is 0 Å². The van der Waals surface area contributed by atoms with E-state index in [1.807, 2.05) is 0 Å². The van der Waals surface area contributed by atoms with Crippen LogP contribution in [-0.4, -0.2) is 20.7 Å². The van der Waals surface area contributed by atoms with Gasteiger partial charge in [-0.25, -0.2) is 0 Å². The molecule has 0 radical (unpaired) electrons. The van der Waals surface area contributed by atoms with E-state index in [2.05, 4.69) is 12.6 Å². The summed E-state index contributed by atoms with van der Waals surface area (Å²) in [5, 5.41) is 16.9. The van der Waals surface area contributed by atoms with Gasteiger partial charge in [0.1, 0.15) is 4.93 Å². The SMILES string of the molecule is CC(C)(C)O.CC(C)(O)S. The van der Waals surface area contributed by atoms with Crippen LogP contribution in [0.5, 0.6) is 0 Å². The number of hydrogen-bond acceptors (Lipinski definition) is 3. The minimum Gasteiger partial charge on any atom is -0.391 e. The van der Waals surface area contributed by atoms with Crippen molar-refractivity contribution < 1.29 is 10.2 Å². The molecule has 0 saturated carbocycles. The quantitative estimate of drug-likeness (QED) is 0.376. The Morgan fingerprint density at radius 3 is 0.900 bits per heavy atom. The fraction of sp³-hybridized carbons (Fsp3) is 1.00. The molecule has 0 unspecified atom stereocenters. The van der Waals surface area contributed by atoms with Crippen molar-refractivity contribution in [3.8, 4) is 0 Å². The zero-order chi connectivity index (χ0) is 9.00. The fourth-order valence-electron chi connectivity index (χ4n) is 0. The van der Waals surface area contributed by atoms with Gasteiger partial charge < -0.3 is 10.2 Å². The summed E-state index contributed by atoms with van der Waals surface area (Å²) >= 11 is 3.68. The van der Waals surface area contributed by atoms with Crippen LogP contribution in [0.2, 0.25) is 0 Å². The highest BCUT2D eigenvalue weighted by atomic mass is 32.1. The van der Waals surface area contributed by atoms with E-state index in [1.54, 1.807) is 34.6 Å². The van der Waals surface area contributed by atoms with Crippen molar-refractivity contribution >= 4 is 12.6 Å². The molecule has 0 aliphatic rings. The maximum absolute atomic E-state index is 8.52. The first kappa shape index (κ1) is 12.9. The molecule has 0 aliphatic heterocycles. The maximum atomic E-state index is 8.52. The lowest BCUT2D eigenvalue weighted by molar-refractivity contribution is 0.102. The number of aliphatic hydroxyl groups is 2. The van der Waals surface area contributed by atoms with Gasteiger partial charge in [-0.05, 0) is 34.6 Å². The molecule has 2 nitrogen and oxygen atoms in total. The van der Waals surface area contributed by atoms with E-state index >= 15 is 0 Å². The van der Waals surface area contributed by atoms with Crippen molar-refractivity contribution in [2.75, 3.05) is 0 Å². The maximum Gasteiger partial charge on any atom is 0.102 e. The van der Waals surface area contributed by atoms with Gasteiger partial charge in [-0.2, -0.15) is 0 Å². The largest absolute Gasteiger partial charge is 0.391 e. The lowest BCUT2D eigenvalue weighted by Crippen LogP contribution is -2.10. The molecule has 0 atom stereocenters. The van der Waals surface area contributed by atoms with E-state index in [-0.39, 0.29) is 0 Å². The minimum atomic E-state index is -0.806. The molecule has 0 rings (SSSR count). The van der Waals surface area contributed by atoms with Crippen LogP contribution in [0.3, 0.4) is 0 Å². The van der Waals surface area contributed by atoms with Crippen molar-refractivity contribution in [3.05, 3.63) is 0 Å². The third kappa shape index (κ3) is 6000. The van der Waals surface area contributed by atoms with Gasteiger partial charge in [0.05, 0.1) is 5.60 Å². The van der Waals surface area contributed by atoms with Crippen LogP contribution in [0.4, 0.5) is 0 Å². The Hall–Kier alpha value is 0.270. The van der Waals surface area contributed by atoms with Crippen molar-refractivity contribution in [3.63, 3.8) is 0 Å². The molecular formula is C7H18O2S. The average molecular weight is 166 g/mol. The van der Waals surface area contributed by atoms with Gasteiger partial charge in [0.25, 0.3) is 0 Å². The van der Waals surface area contributed by atoms with Gasteiger partial charge >= 0.3 is 0 Å². The summed E-state index contributed by atoms with van der Waals surface area (Å²) in [6.07, 6.45) is 0. The predicted molar refractivity (Wildman–Crippen MR) is 47.3 cm³/mol. The van der Waals surface area contributed by atoms with Crippen molar-refractivity contribution in [2.24, 2.45) is 0 Å². The van der Waals surface area contributed by atoms with Crippen LogP contribution in [0, 0.1) is 0 Å². The summed E-state index contributed by atoms with van der Waals surface area (Å²) in [4.78, 5) is -0.806. The van der Waals surface area contributed by atoms with Crippen LogP contribution in [0.25, 0.3) is 0 Å². The number of thiol groups is 1. The fourth-order valence-corrected chi connectivity index (χ4v) is 0. The van der Waals surface area contributed by atoms with Crippen LogP contribution in [0.1, 0.15) is 34.6 Å². The molecule has 0 fully saturated rings. The summed E-state index contributed by atoms with van der Waals surface area (Å²) in [6, 6.07) is 0. The third-order valence-electron chi connectivity index (χ3n) is 0. The molecule has 3 heteroatoms. The van der Waals surface area contributed by atoms with Crippen molar-refractivity contribution in [1.29, 1.82) is 0 Å². The van der Waals surface area contributed by atoms with Crippen LogP contribution in [-0.2, 0) is 0 Å². The second-order valence-corrected chi connectivity index (χ2v) is 4.76. The summed E-state index contributed by atoms with van der Waals surface area (Å²) in [5.41, 5.74) is -0.500. The Kier molecular flexibility index (Phi) is 5.43. The van der Waals surface area contributed by atoms with Gasteiger partial charge in [0, 0.05) is 0 Å². The lowest BCUT2D eigenvalue weighted by Gasteiger charge is -2.04. The minimum absolute atomic E-state index is 0.500. The molecule has 0 saturated heterocycles. The van der Waals surface area contributed by atoms with E-state index < -0.39 is 10.5 Å². The normalized spacial score (nSPS) is 12.0. The lowest BCUT2D eigenvalue weighted by atomic mass is 10.2. The topological polar surface area (TPSA) is 40.5 Å². The Morgan fingerprint density at radius 1 is 0.900 bits per heavy atom. The summed E-state index contributed by atoms with van der Waals surface area (Å²) in [5.74, 6) is 0. The highest BCUT2D eigenvalue weighted by Gasteiger charge is 1.99. The summed E-state index contributed by atoms with van der Waals surface area (Å²) in [7, 11) is 0. The monoisotopic (exact) mass is 166 g/mol. The standard InChI is InChI=1S/C4H10O.C3H8OS/c1-4(2,3)5;1-3(2,4)5/h5H,1-3H3;4-5H,1-2H3. The van der Waals surface area contributed by atoms with Crippen LogP contribution in [0.15, 0.2) is 0 Å². The Morgan fingerprint density at radius 2 is 0.900 bits per heavy atom. The molecule has 0 amide bonds. The van der Waals surface area contributed by atoms with Gasteiger partial charge in [-0.15, -0.1) is 12.6 Å². The first-order valence-corrected chi connectivity index (χ1v) is 3.62. The zero-order valence-corrected chi connectivity index (χ0v) is 8.24. The molecule has 0 heterocycles. The smallest absolute Gasteiger partial charge is 0.102 e. The summed E-state index contributed by atoms with van der Waals surface area (Å²) in [6.45, 7) is 8.44. The molecule has 0 bridgehead atoms. The zero-order valence-electron chi connectivity index (χ0n) is 7.34. The highest BCUT2D eigenvalue weighted by molar-refractivity contribution is 7.81. The molecule has 0 spiro atoms.